The Balaban J connectivity index is 1.72. The maximum Gasteiger partial charge on any atom is 0.118 e. The predicted octanol–water partition coefficient (Wildman–Crippen LogP) is 6.35. The highest BCUT2D eigenvalue weighted by molar-refractivity contribution is 5.71. The molecule has 2 aromatic rings. The summed E-state index contributed by atoms with van der Waals surface area (Å²) in [5.74, 6) is 1.81. The predicted molar refractivity (Wildman–Crippen MR) is 98.7 cm³/mol. The maximum absolute atomic E-state index is 5.22. The first-order valence-electron chi connectivity index (χ1n) is 8.74. The molecule has 1 atom stereocenters. The fourth-order valence-electron chi connectivity index (χ4n) is 3.48. The highest BCUT2D eigenvalue weighted by Crippen LogP contribution is 2.33. The van der Waals surface area contributed by atoms with E-state index in [0.717, 1.165) is 11.7 Å². The lowest BCUT2D eigenvalue weighted by Crippen LogP contribution is -2.04. The second-order valence-corrected chi connectivity index (χ2v) is 6.46. The summed E-state index contributed by atoms with van der Waals surface area (Å²) in [7, 11) is 1.70. The van der Waals surface area contributed by atoms with Crippen LogP contribution in [0.1, 0.15) is 44.6 Å². The molecule has 0 amide bonds. The average Bonchev–Trinajstić information content (AvgIpc) is 2.63. The van der Waals surface area contributed by atoms with E-state index in [-0.39, 0.29) is 0 Å². The first kappa shape index (κ1) is 15.9. The van der Waals surface area contributed by atoms with E-state index in [1.54, 1.807) is 7.11 Å². The van der Waals surface area contributed by atoms with Crippen molar-refractivity contribution in [1.82, 2.24) is 0 Å². The smallest absolute Gasteiger partial charge is 0.118 e. The highest BCUT2D eigenvalue weighted by Gasteiger charge is 2.14. The van der Waals surface area contributed by atoms with Crippen LogP contribution in [0.5, 0.6) is 5.75 Å². The Hall–Kier alpha value is -2.02. The molecule has 0 aliphatic heterocycles. The first-order chi connectivity index (χ1) is 11.3. The maximum atomic E-state index is 5.22. The summed E-state index contributed by atoms with van der Waals surface area (Å²) in [6, 6.07) is 17.3. The summed E-state index contributed by atoms with van der Waals surface area (Å²) in [5, 5.41) is 0. The fourth-order valence-corrected chi connectivity index (χ4v) is 3.48. The van der Waals surface area contributed by atoms with Gasteiger partial charge < -0.3 is 4.74 Å². The van der Waals surface area contributed by atoms with Gasteiger partial charge in [0.2, 0.25) is 0 Å². The Morgan fingerprint density at radius 1 is 0.913 bits per heavy atom. The monoisotopic (exact) mass is 306 g/mol. The lowest BCUT2D eigenvalue weighted by molar-refractivity contribution is 0.415. The third-order valence-corrected chi connectivity index (χ3v) is 4.90. The number of allylic oxidation sites excluding steroid dienone is 2. The van der Waals surface area contributed by atoms with Gasteiger partial charge in [0.25, 0.3) is 0 Å². The van der Waals surface area contributed by atoms with Gasteiger partial charge in [-0.2, -0.15) is 0 Å². The second-order valence-electron chi connectivity index (χ2n) is 6.46. The van der Waals surface area contributed by atoms with Gasteiger partial charge in [-0.1, -0.05) is 62.2 Å². The van der Waals surface area contributed by atoms with Crippen molar-refractivity contribution in [3.05, 3.63) is 60.2 Å². The van der Waals surface area contributed by atoms with Crippen LogP contribution in [0.3, 0.4) is 0 Å². The van der Waals surface area contributed by atoms with Crippen molar-refractivity contribution >= 4 is 5.57 Å². The fraction of sp³-hybridized carbons (Fsp3) is 0.364. The van der Waals surface area contributed by atoms with Gasteiger partial charge in [-0.3, -0.25) is 0 Å². The van der Waals surface area contributed by atoms with Crippen LogP contribution in [-0.2, 0) is 0 Å². The largest absolute Gasteiger partial charge is 0.497 e. The van der Waals surface area contributed by atoms with E-state index in [2.05, 4.69) is 49.4 Å². The molecule has 0 radical (unpaired) electrons. The van der Waals surface area contributed by atoms with Crippen molar-refractivity contribution in [1.29, 1.82) is 0 Å². The zero-order valence-corrected chi connectivity index (χ0v) is 14.2. The molecule has 0 saturated carbocycles. The van der Waals surface area contributed by atoms with Gasteiger partial charge in [-0.05, 0) is 59.6 Å². The van der Waals surface area contributed by atoms with Gasteiger partial charge in [0.05, 0.1) is 7.11 Å². The van der Waals surface area contributed by atoms with Crippen LogP contribution in [0.4, 0.5) is 0 Å². The van der Waals surface area contributed by atoms with Crippen LogP contribution in [0.15, 0.2) is 54.6 Å². The van der Waals surface area contributed by atoms with Crippen molar-refractivity contribution in [3.63, 3.8) is 0 Å². The molecule has 0 aromatic heterocycles. The molecule has 1 aliphatic carbocycles. The Morgan fingerprint density at radius 3 is 2.04 bits per heavy atom. The normalized spacial score (nSPS) is 17.7. The van der Waals surface area contributed by atoms with Gasteiger partial charge in [-0.15, -0.1) is 0 Å². The van der Waals surface area contributed by atoms with E-state index < -0.39 is 0 Å². The molecule has 23 heavy (non-hydrogen) atoms. The van der Waals surface area contributed by atoms with Crippen LogP contribution in [0.25, 0.3) is 16.7 Å². The summed E-state index contributed by atoms with van der Waals surface area (Å²) < 4.78 is 5.22. The lowest BCUT2D eigenvalue weighted by atomic mass is 9.84. The average molecular weight is 306 g/mol. The highest BCUT2D eigenvalue weighted by atomic mass is 16.5. The van der Waals surface area contributed by atoms with Crippen LogP contribution in [0.2, 0.25) is 0 Å². The summed E-state index contributed by atoms with van der Waals surface area (Å²) in [6.07, 6.45) is 8.98. The summed E-state index contributed by atoms with van der Waals surface area (Å²) in [4.78, 5) is 0. The molecular formula is C22H26O. The van der Waals surface area contributed by atoms with E-state index >= 15 is 0 Å². The second kappa shape index (κ2) is 7.50. The number of hydrogen-bond acceptors (Lipinski definition) is 1. The molecule has 0 fully saturated rings. The van der Waals surface area contributed by atoms with Crippen LogP contribution in [0, 0.1) is 5.92 Å². The number of rotatable bonds is 5. The van der Waals surface area contributed by atoms with Crippen molar-refractivity contribution in [2.24, 2.45) is 5.92 Å². The Bertz CT molecular complexity index is 649. The van der Waals surface area contributed by atoms with Gasteiger partial charge in [0.1, 0.15) is 5.75 Å². The molecule has 0 spiro atoms. The SMILES string of the molecule is CCCC1CC=C(c2ccc(-c3ccc(OC)cc3)cc2)CC1. The lowest BCUT2D eigenvalue weighted by Gasteiger charge is -2.21. The molecule has 0 heterocycles. The van der Waals surface area contributed by atoms with Gasteiger partial charge in [0.15, 0.2) is 0 Å². The Morgan fingerprint density at radius 2 is 1.52 bits per heavy atom. The summed E-state index contributed by atoms with van der Waals surface area (Å²) in [6.45, 7) is 2.29. The molecule has 0 bridgehead atoms. The molecule has 0 saturated heterocycles. The van der Waals surface area contributed by atoms with Crippen LogP contribution < -0.4 is 4.74 Å². The molecule has 1 heteroatoms. The van der Waals surface area contributed by atoms with Gasteiger partial charge in [0, 0.05) is 0 Å². The summed E-state index contributed by atoms with van der Waals surface area (Å²) >= 11 is 0. The minimum atomic E-state index is 0.902. The van der Waals surface area contributed by atoms with Crippen molar-refractivity contribution in [2.75, 3.05) is 7.11 Å². The zero-order chi connectivity index (χ0) is 16.1. The Labute approximate surface area is 140 Å². The standard InChI is InChI=1S/C22H26O/c1-3-4-17-5-7-18(8-6-17)19-9-11-20(12-10-19)21-13-15-22(23-2)16-14-21/h7,9-17H,3-6,8H2,1-2H3. The molecule has 1 unspecified atom stereocenters. The van der Waals surface area contributed by atoms with E-state index in [1.807, 2.05) is 12.1 Å². The zero-order valence-electron chi connectivity index (χ0n) is 14.2. The quantitative estimate of drug-likeness (QED) is 0.625. The van der Waals surface area contributed by atoms with Crippen molar-refractivity contribution in [2.45, 2.75) is 39.0 Å². The van der Waals surface area contributed by atoms with E-state index in [1.165, 1.54) is 54.4 Å². The van der Waals surface area contributed by atoms with Gasteiger partial charge >= 0.3 is 0 Å². The molecule has 1 nitrogen and oxygen atoms in total. The molecule has 2 aromatic carbocycles. The molecule has 0 N–H and O–H groups in total. The minimum Gasteiger partial charge on any atom is -0.497 e. The molecule has 120 valence electrons. The summed E-state index contributed by atoms with van der Waals surface area (Å²) in [5.41, 5.74) is 5.41. The number of benzene rings is 2. The third-order valence-electron chi connectivity index (χ3n) is 4.90. The van der Waals surface area contributed by atoms with Crippen LogP contribution in [-0.4, -0.2) is 7.11 Å². The number of hydrogen-bond donors (Lipinski definition) is 0. The van der Waals surface area contributed by atoms with Crippen molar-refractivity contribution < 1.29 is 4.74 Å². The number of methoxy groups -OCH3 is 1. The third kappa shape index (κ3) is 3.85. The molecule has 3 rings (SSSR count). The van der Waals surface area contributed by atoms with E-state index in [9.17, 15) is 0 Å². The Kier molecular flexibility index (Phi) is 5.17. The number of ether oxygens (including phenoxy) is 1. The van der Waals surface area contributed by atoms with Crippen LogP contribution >= 0.6 is 0 Å². The van der Waals surface area contributed by atoms with E-state index in [4.69, 9.17) is 4.74 Å². The topological polar surface area (TPSA) is 9.23 Å². The minimum absolute atomic E-state index is 0.902. The molecule has 1 aliphatic rings. The molecular weight excluding hydrogens is 280 g/mol. The first-order valence-corrected chi connectivity index (χ1v) is 8.74. The van der Waals surface area contributed by atoms with E-state index in [0.29, 0.717) is 0 Å². The van der Waals surface area contributed by atoms with Crippen molar-refractivity contribution in [3.8, 4) is 16.9 Å². The van der Waals surface area contributed by atoms with Gasteiger partial charge in [-0.25, -0.2) is 0 Å².